The average Bonchev–Trinajstić information content (AvgIpc) is 2.96. The fourth-order valence-corrected chi connectivity index (χ4v) is 4.82. The fraction of sp³-hybridized carbons (Fsp3) is 0.118. The van der Waals surface area contributed by atoms with Gasteiger partial charge in [0.1, 0.15) is 5.82 Å². The van der Waals surface area contributed by atoms with E-state index >= 15 is 0 Å². The van der Waals surface area contributed by atoms with Gasteiger partial charge < -0.3 is 0 Å². The zero-order valence-electron chi connectivity index (χ0n) is 13.0. The quantitative estimate of drug-likeness (QED) is 0.301. The van der Waals surface area contributed by atoms with Crippen LogP contribution in [-0.2, 0) is 0 Å². The van der Waals surface area contributed by atoms with Crippen LogP contribution < -0.4 is 0 Å². The molecule has 3 nitrogen and oxygen atoms in total. The Morgan fingerprint density at radius 2 is 1.88 bits per heavy atom. The topological polar surface area (TPSA) is 34.9 Å². The third-order valence-electron chi connectivity index (χ3n) is 3.38. The summed E-state index contributed by atoms with van der Waals surface area (Å²) in [7, 11) is 0. The summed E-state index contributed by atoms with van der Waals surface area (Å²) in [6, 6.07) is 12.7. The largest absolute Gasteiger partial charge is 0.293 e. The fourth-order valence-electron chi connectivity index (χ4n) is 2.11. The highest BCUT2D eigenvalue weighted by atomic mass is 35.5. The molecule has 0 N–H and O–H groups in total. The van der Waals surface area contributed by atoms with E-state index in [-0.39, 0.29) is 16.9 Å². The van der Waals surface area contributed by atoms with Crippen molar-refractivity contribution in [1.82, 2.24) is 9.78 Å². The van der Waals surface area contributed by atoms with E-state index in [1.807, 2.05) is 6.92 Å². The molecule has 3 rings (SSSR count). The zero-order chi connectivity index (χ0) is 18.0. The minimum absolute atomic E-state index is 0.00360. The minimum atomic E-state index is -0.317. The molecule has 3 aromatic rings. The van der Waals surface area contributed by atoms with Gasteiger partial charge in [-0.05, 0) is 67.7 Å². The van der Waals surface area contributed by atoms with Crippen LogP contribution in [0.25, 0.3) is 5.69 Å². The molecule has 0 unspecified atom stereocenters. The Bertz CT molecular complexity index is 951. The summed E-state index contributed by atoms with van der Waals surface area (Å²) >= 11 is 13.8. The van der Waals surface area contributed by atoms with Crippen LogP contribution in [0.3, 0.4) is 0 Å². The molecule has 25 heavy (non-hydrogen) atoms. The van der Waals surface area contributed by atoms with Gasteiger partial charge in [0.25, 0.3) is 0 Å². The van der Waals surface area contributed by atoms with E-state index in [0.717, 1.165) is 0 Å². The van der Waals surface area contributed by atoms with Crippen molar-refractivity contribution in [1.29, 1.82) is 0 Å². The van der Waals surface area contributed by atoms with E-state index in [2.05, 4.69) is 5.10 Å². The lowest BCUT2D eigenvalue weighted by Gasteiger charge is -2.08. The number of carbonyl (C=O) groups is 1. The van der Waals surface area contributed by atoms with Crippen LogP contribution in [-0.4, -0.2) is 20.8 Å². The summed E-state index contributed by atoms with van der Waals surface area (Å²) < 4.78 is 15.8. The molecule has 0 bridgehead atoms. The molecule has 0 radical (unpaired) electrons. The number of nitrogens with zero attached hydrogens (tertiary/aromatic N) is 2. The first-order valence-corrected chi connectivity index (χ1v) is 9.75. The van der Waals surface area contributed by atoms with Gasteiger partial charge >= 0.3 is 0 Å². The van der Waals surface area contributed by atoms with Gasteiger partial charge in [-0.15, -0.1) is 5.10 Å². The molecule has 0 spiro atoms. The van der Waals surface area contributed by atoms with Crippen molar-refractivity contribution in [2.45, 2.75) is 16.5 Å². The summed E-state index contributed by atoms with van der Waals surface area (Å²) in [5, 5.41) is 4.71. The monoisotopic (exact) mass is 410 g/mol. The Hall–Kier alpha value is -1.54. The summed E-state index contributed by atoms with van der Waals surface area (Å²) in [6.07, 6.45) is 0. The highest BCUT2D eigenvalue weighted by Gasteiger charge is 2.19. The number of Topliss-reactive ketones (excluding diaryl/α,β-unsaturated/α-hetero) is 1. The van der Waals surface area contributed by atoms with Gasteiger partial charge in [-0.2, -0.15) is 0 Å². The predicted molar refractivity (Wildman–Crippen MR) is 103 cm³/mol. The van der Waals surface area contributed by atoms with Gasteiger partial charge in [-0.25, -0.2) is 9.07 Å². The predicted octanol–water partition coefficient (Wildman–Crippen LogP) is 5.82. The molecule has 1 heterocycles. The molecule has 0 aliphatic carbocycles. The van der Waals surface area contributed by atoms with E-state index in [1.54, 1.807) is 41.1 Å². The first-order chi connectivity index (χ1) is 11.9. The normalized spacial score (nSPS) is 12.1. The minimum Gasteiger partial charge on any atom is -0.293 e. The van der Waals surface area contributed by atoms with Gasteiger partial charge in [0.15, 0.2) is 14.1 Å². The highest BCUT2D eigenvalue weighted by Crippen LogP contribution is 2.29. The molecule has 0 saturated heterocycles. The molecule has 128 valence electrons. The lowest BCUT2D eigenvalue weighted by molar-refractivity contribution is 0.0994. The molecule has 0 saturated carbocycles. The number of hydrogen-bond acceptors (Lipinski definition) is 5. The van der Waals surface area contributed by atoms with Gasteiger partial charge in [0.05, 0.1) is 10.9 Å². The number of thioether (sulfide) groups is 1. The van der Waals surface area contributed by atoms with E-state index in [1.165, 1.54) is 35.2 Å². The maximum Gasteiger partial charge on any atom is 0.184 e. The van der Waals surface area contributed by atoms with Crippen molar-refractivity contribution in [3.8, 4) is 5.69 Å². The first-order valence-electron chi connectivity index (χ1n) is 7.26. The maximum atomic E-state index is 13.1. The van der Waals surface area contributed by atoms with E-state index in [9.17, 15) is 9.18 Å². The lowest BCUT2D eigenvalue weighted by Crippen LogP contribution is -2.13. The molecule has 0 aliphatic rings. The number of ketones is 1. The number of aromatic nitrogens is 2. The number of hydrogen-bond donors (Lipinski definition) is 0. The number of halogens is 2. The molecule has 8 heteroatoms. The van der Waals surface area contributed by atoms with E-state index < -0.39 is 0 Å². The Morgan fingerprint density at radius 1 is 1.24 bits per heavy atom. The molecule has 0 fully saturated rings. The third kappa shape index (κ3) is 4.36. The lowest BCUT2D eigenvalue weighted by atomic mass is 10.1. The second kappa shape index (κ2) is 7.78. The van der Waals surface area contributed by atoms with E-state index in [4.69, 9.17) is 23.8 Å². The third-order valence-corrected chi connectivity index (χ3v) is 6.04. The van der Waals surface area contributed by atoms with Crippen LogP contribution in [0.2, 0.25) is 5.02 Å². The maximum absolute atomic E-state index is 13.1. The number of rotatable bonds is 5. The van der Waals surface area contributed by atoms with Gasteiger partial charge in [-0.3, -0.25) is 4.79 Å². The van der Waals surface area contributed by atoms with Gasteiger partial charge in [0.2, 0.25) is 0 Å². The van der Waals surface area contributed by atoms with Crippen LogP contribution in [0.15, 0.2) is 52.9 Å². The second-order valence-corrected chi connectivity index (χ2v) is 8.80. The SMILES string of the molecule is C[C@H](Sc1nn(-c2ccc(F)cc2)c(=S)s1)C(=O)c1ccc(Cl)cc1. The van der Waals surface area contributed by atoms with Crippen LogP contribution in [0.1, 0.15) is 17.3 Å². The number of carbonyl (C=O) groups excluding carboxylic acids is 1. The van der Waals surface area contributed by atoms with Crippen molar-refractivity contribution in [3.05, 3.63) is 68.9 Å². The first kappa shape index (κ1) is 18.3. The molecular formula is C17H12ClFN2OS3. The Morgan fingerprint density at radius 3 is 2.52 bits per heavy atom. The molecule has 0 amide bonds. The Kier molecular flexibility index (Phi) is 5.68. The molecule has 2 aromatic carbocycles. The van der Waals surface area contributed by atoms with Crippen LogP contribution >= 0.6 is 46.9 Å². The summed E-state index contributed by atoms with van der Waals surface area (Å²) in [5.74, 6) is -0.321. The van der Waals surface area contributed by atoms with Gasteiger partial charge in [0, 0.05) is 10.6 Å². The molecular weight excluding hydrogens is 399 g/mol. The highest BCUT2D eigenvalue weighted by molar-refractivity contribution is 8.02. The van der Waals surface area contributed by atoms with Crippen molar-refractivity contribution < 1.29 is 9.18 Å². The summed E-state index contributed by atoms with van der Waals surface area (Å²) in [6.45, 7) is 1.83. The average molecular weight is 411 g/mol. The van der Waals surface area contributed by atoms with E-state index in [0.29, 0.717) is 24.6 Å². The summed E-state index contributed by atoms with van der Waals surface area (Å²) in [5.41, 5.74) is 1.29. The smallest absolute Gasteiger partial charge is 0.184 e. The van der Waals surface area contributed by atoms with Crippen molar-refractivity contribution in [2.75, 3.05) is 0 Å². The molecule has 1 atom stereocenters. The second-order valence-electron chi connectivity index (χ2n) is 5.15. The Balaban J connectivity index is 1.78. The Labute approximate surface area is 162 Å². The van der Waals surface area contributed by atoms with Gasteiger partial charge in [-0.1, -0.05) is 34.7 Å². The number of benzene rings is 2. The van der Waals surface area contributed by atoms with Crippen LogP contribution in [0.5, 0.6) is 0 Å². The molecule has 1 aromatic heterocycles. The van der Waals surface area contributed by atoms with Crippen molar-refractivity contribution in [2.24, 2.45) is 0 Å². The van der Waals surface area contributed by atoms with Crippen molar-refractivity contribution >= 4 is 52.7 Å². The standard InChI is InChI=1S/C17H12ClFN2OS3/c1-10(15(22)11-2-4-12(18)5-3-11)24-16-20-21(17(23)25-16)14-8-6-13(19)7-9-14/h2-10H,1H3/t10-/m0/s1. The van der Waals surface area contributed by atoms with Crippen LogP contribution in [0.4, 0.5) is 4.39 Å². The molecule has 0 aliphatic heterocycles. The zero-order valence-corrected chi connectivity index (χ0v) is 16.2. The van der Waals surface area contributed by atoms with Crippen molar-refractivity contribution in [3.63, 3.8) is 0 Å². The van der Waals surface area contributed by atoms with Crippen LogP contribution in [0, 0.1) is 9.77 Å². The summed E-state index contributed by atoms with van der Waals surface area (Å²) in [4.78, 5) is 12.5.